The minimum atomic E-state index is -4.39. The van der Waals surface area contributed by atoms with Crippen LogP contribution in [0.2, 0.25) is 0 Å². The van der Waals surface area contributed by atoms with Crippen LogP contribution in [0.1, 0.15) is 181 Å². The van der Waals surface area contributed by atoms with Crippen molar-refractivity contribution < 1.29 is 37.6 Å². The zero-order valence-electron chi connectivity index (χ0n) is 36.0. The Morgan fingerprint density at radius 2 is 0.965 bits per heavy atom. The molecule has 0 saturated carbocycles. The molecular weight excluding hydrogens is 737 g/mol. The molecule has 0 amide bonds. The van der Waals surface area contributed by atoms with Gasteiger partial charge in [-0.15, -0.1) is 0 Å². The molecule has 0 aliphatic carbocycles. The summed E-state index contributed by atoms with van der Waals surface area (Å²) in [6.07, 6.45) is 52.2. The van der Waals surface area contributed by atoms with E-state index in [2.05, 4.69) is 86.8 Å². The maximum absolute atomic E-state index is 12.6. The van der Waals surface area contributed by atoms with Crippen molar-refractivity contribution in [3.63, 3.8) is 0 Å². The van der Waals surface area contributed by atoms with Crippen LogP contribution >= 0.6 is 7.82 Å². The summed E-state index contributed by atoms with van der Waals surface area (Å²) in [5.41, 5.74) is 5.35. The predicted octanol–water partition coefficient (Wildman–Crippen LogP) is 13.1. The topological polar surface area (TPSA) is 134 Å². The van der Waals surface area contributed by atoms with Crippen LogP contribution in [0.5, 0.6) is 0 Å². The molecule has 0 rings (SSSR count). The molecule has 0 aliphatic rings. The van der Waals surface area contributed by atoms with Crippen molar-refractivity contribution in [1.29, 1.82) is 0 Å². The molecule has 0 aromatic heterocycles. The van der Waals surface area contributed by atoms with Gasteiger partial charge in [-0.2, -0.15) is 0 Å². The van der Waals surface area contributed by atoms with Gasteiger partial charge in [0, 0.05) is 19.4 Å². The second-order valence-corrected chi connectivity index (χ2v) is 16.0. The van der Waals surface area contributed by atoms with Crippen LogP contribution in [0, 0.1) is 0 Å². The van der Waals surface area contributed by atoms with E-state index in [0.717, 1.165) is 70.6 Å². The average Bonchev–Trinajstić information content (AvgIpc) is 3.20. The van der Waals surface area contributed by atoms with E-state index in [4.69, 9.17) is 24.3 Å². The summed E-state index contributed by atoms with van der Waals surface area (Å²) in [5, 5.41) is 0. The first-order valence-corrected chi connectivity index (χ1v) is 23.9. The number of hydrogen-bond acceptors (Lipinski definition) is 8. The van der Waals surface area contributed by atoms with Crippen molar-refractivity contribution in [3.05, 3.63) is 72.9 Å². The Labute approximate surface area is 348 Å². The van der Waals surface area contributed by atoms with E-state index in [1.165, 1.54) is 77.0 Å². The molecule has 0 aromatic rings. The molecule has 0 aliphatic heterocycles. The van der Waals surface area contributed by atoms with Gasteiger partial charge in [-0.3, -0.25) is 18.6 Å². The smallest absolute Gasteiger partial charge is 0.462 e. The van der Waals surface area contributed by atoms with Crippen molar-refractivity contribution in [2.45, 2.75) is 187 Å². The highest BCUT2D eigenvalue weighted by atomic mass is 31.2. The molecule has 0 radical (unpaired) electrons. The Morgan fingerprint density at radius 3 is 1.44 bits per heavy atom. The highest BCUT2D eigenvalue weighted by Gasteiger charge is 2.26. The van der Waals surface area contributed by atoms with Gasteiger partial charge in [0.25, 0.3) is 0 Å². The molecule has 0 heterocycles. The van der Waals surface area contributed by atoms with Gasteiger partial charge >= 0.3 is 19.8 Å². The zero-order chi connectivity index (χ0) is 41.8. The Balaban J connectivity index is 4.24. The second kappa shape index (κ2) is 43.0. The third kappa shape index (κ3) is 42.9. The van der Waals surface area contributed by atoms with Crippen LogP contribution < -0.4 is 5.73 Å². The number of allylic oxidation sites excluding steroid dienone is 12. The predicted molar refractivity (Wildman–Crippen MR) is 238 cm³/mol. The first kappa shape index (κ1) is 54.5. The van der Waals surface area contributed by atoms with E-state index in [1.807, 2.05) is 0 Å². The molecule has 57 heavy (non-hydrogen) atoms. The molecule has 9 nitrogen and oxygen atoms in total. The number of phosphoric acid groups is 1. The number of hydrogen-bond donors (Lipinski definition) is 2. The molecule has 0 spiro atoms. The van der Waals surface area contributed by atoms with Crippen molar-refractivity contribution in [1.82, 2.24) is 0 Å². The van der Waals surface area contributed by atoms with Crippen molar-refractivity contribution in [2.75, 3.05) is 26.4 Å². The number of carbonyl (C=O) groups is 2. The number of unbranched alkanes of at least 4 members (excludes halogenated alkanes) is 16. The van der Waals surface area contributed by atoms with Gasteiger partial charge < -0.3 is 20.1 Å². The highest BCUT2D eigenvalue weighted by molar-refractivity contribution is 7.47. The van der Waals surface area contributed by atoms with Gasteiger partial charge in [0.05, 0.1) is 13.2 Å². The quantitative estimate of drug-likeness (QED) is 0.0267. The van der Waals surface area contributed by atoms with Gasteiger partial charge in [0.1, 0.15) is 6.61 Å². The third-order valence-corrected chi connectivity index (χ3v) is 10.1. The van der Waals surface area contributed by atoms with E-state index in [9.17, 15) is 19.0 Å². The van der Waals surface area contributed by atoms with Crippen molar-refractivity contribution in [2.24, 2.45) is 5.73 Å². The highest BCUT2D eigenvalue weighted by Crippen LogP contribution is 2.43. The van der Waals surface area contributed by atoms with E-state index < -0.39 is 32.5 Å². The molecular formula is C47H82NO8P. The van der Waals surface area contributed by atoms with Crippen LogP contribution in [0.3, 0.4) is 0 Å². The number of carbonyl (C=O) groups excluding carboxylic acids is 2. The molecule has 0 fully saturated rings. The summed E-state index contributed by atoms with van der Waals surface area (Å²) in [6.45, 7) is 3.57. The lowest BCUT2D eigenvalue weighted by molar-refractivity contribution is -0.161. The fraction of sp³-hybridized carbons (Fsp3) is 0.702. The lowest BCUT2D eigenvalue weighted by atomic mass is 10.0. The van der Waals surface area contributed by atoms with E-state index in [-0.39, 0.29) is 32.6 Å². The van der Waals surface area contributed by atoms with Gasteiger partial charge in [-0.1, -0.05) is 177 Å². The van der Waals surface area contributed by atoms with Gasteiger partial charge in [-0.05, 0) is 64.2 Å². The first-order chi connectivity index (χ1) is 27.8. The third-order valence-electron chi connectivity index (χ3n) is 9.11. The fourth-order valence-electron chi connectivity index (χ4n) is 5.81. The second-order valence-electron chi connectivity index (χ2n) is 14.5. The van der Waals surface area contributed by atoms with Crippen LogP contribution in [-0.4, -0.2) is 49.3 Å². The lowest BCUT2D eigenvalue weighted by Crippen LogP contribution is -2.29. The van der Waals surface area contributed by atoms with Crippen LogP contribution in [0.4, 0.5) is 0 Å². The zero-order valence-corrected chi connectivity index (χ0v) is 36.9. The van der Waals surface area contributed by atoms with E-state index >= 15 is 0 Å². The summed E-state index contributed by atoms with van der Waals surface area (Å²) >= 11 is 0. The monoisotopic (exact) mass is 820 g/mol. The molecule has 2 unspecified atom stereocenters. The molecule has 0 saturated heterocycles. The molecule has 10 heteroatoms. The standard InChI is InChI=1S/C47H82NO8P/c1-3-5-7-9-11-13-15-17-19-20-21-22-23-24-26-28-30-32-34-36-38-40-47(50)56-45(44-55-57(51,52)54-42-41-48)43-53-46(49)39-37-35-33-31-29-27-25-18-16-14-12-10-8-6-4-2/h5,7,11,13,17,19,21-22,24,26,30,32,45H,3-4,6,8-10,12,14-16,18,20,23,25,27-29,31,33-44,48H2,1-2H3,(H,51,52)/b7-5-,13-11-,19-17-,22-21-,26-24-,32-30-. The summed E-state index contributed by atoms with van der Waals surface area (Å²) in [7, 11) is -4.39. The molecule has 0 aromatic carbocycles. The maximum atomic E-state index is 12.6. The number of nitrogens with two attached hydrogens (primary N) is 1. The molecule has 328 valence electrons. The summed E-state index contributed by atoms with van der Waals surface area (Å²) in [4.78, 5) is 34.9. The summed E-state index contributed by atoms with van der Waals surface area (Å²) in [5.74, 6) is -0.880. The van der Waals surface area contributed by atoms with Gasteiger partial charge in [0.2, 0.25) is 0 Å². The Bertz CT molecular complexity index is 1160. The molecule has 0 bridgehead atoms. The Hall–Kier alpha value is -2.55. The van der Waals surface area contributed by atoms with Crippen molar-refractivity contribution in [3.8, 4) is 0 Å². The summed E-state index contributed by atoms with van der Waals surface area (Å²) in [6, 6.07) is 0. The number of phosphoric ester groups is 1. The minimum Gasteiger partial charge on any atom is -0.462 e. The maximum Gasteiger partial charge on any atom is 0.472 e. The number of ether oxygens (including phenoxy) is 2. The Kier molecular flexibility index (Phi) is 41.1. The fourth-order valence-corrected chi connectivity index (χ4v) is 6.58. The molecule has 3 N–H and O–H groups in total. The Morgan fingerprint density at radius 1 is 0.544 bits per heavy atom. The first-order valence-electron chi connectivity index (χ1n) is 22.4. The van der Waals surface area contributed by atoms with Crippen LogP contribution in [0.25, 0.3) is 0 Å². The normalized spacial score (nSPS) is 14.0. The summed E-state index contributed by atoms with van der Waals surface area (Å²) < 4.78 is 32.8. The van der Waals surface area contributed by atoms with E-state index in [0.29, 0.717) is 6.42 Å². The number of esters is 2. The lowest BCUT2D eigenvalue weighted by Gasteiger charge is -2.19. The van der Waals surface area contributed by atoms with Crippen LogP contribution in [-0.2, 0) is 32.7 Å². The van der Waals surface area contributed by atoms with E-state index in [1.54, 1.807) is 0 Å². The average molecular weight is 820 g/mol. The molecule has 2 atom stereocenters. The largest absolute Gasteiger partial charge is 0.472 e. The van der Waals surface area contributed by atoms with Crippen LogP contribution in [0.15, 0.2) is 72.9 Å². The van der Waals surface area contributed by atoms with Gasteiger partial charge in [-0.25, -0.2) is 4.57 Å². The number of rotatable bonds is 41. The van der Waals surface area contributed by atoms with Gasteiger partial charge in [0.15, 0.2) is 6.10 Å². The van der Waals surface area contributed by atoms with Crippen molar-refractivity contribution >= 4 is 19.8 Å². The minimum absolute atomic E-state index is 0.0435. The SMILES string of the molecule is CC/C=C\C/C=C\C/C=C\C/C=C\C/C=C\C/C=C\CCCCC(=O)OC(COC(=O)CCCCCCCCCCCCCCCCC)COP(=O)(O)OCCN.